The molecule has 0 radical (unpaired) electrons. The molecule has 0 amide bonds. The number of nitrogens with one attached hydrogen (secondary N) is 2. The smallest absolute Gasteiger partial charge is 0.408 e. The Bertz CT molecular complexity index is 1300. The van der Waals surface area contributed by atoms with Crippen molar-refractivity contribution in [3.05, 3.63) is 32.9 Å². The van der Waals surface area contributed by atoms with E-state index in [-0.39, 0.29) is 42.5 Å². The highest BCUT2D eigenvalue weighted by molar-refractivity contribution is 7.51. The number of H-pyrrole nitrogens is 1. The summed E-state index contributed by atoms with van der Waals surface area (Å²) in [5.41, 5.74) is -2.00. The fourth-order valence-corrected chi connectivity index (χ4v) is 8.62. The zero-order chi connectivity index (χ0) is 32.5. The maximum atomic E-state index is 14.3. The van der Waals surface area contributed by atoms with E-state index in [0.29, 0.717) is 32.7 Å². The van der Waals surface area contributed by atoms with Gasteiger partial charge in [-0.1, -0.05) is 20.8 Å². The number of aromatic nitrogens is 2. The number of ether oxygens (including phenoxy) is 3. The van der Waals surface area contributed by atoms with Gasteiger partial charge in [0.2, 0.25) is 5.82 Å². The van der Waals surface area contributed by atoms with E-state index in [9.17, 15) is 18.5 Å². The van der Waals surface area contributed by atoms with Crippen LogP contribution in [-0.4, -0.2) is 92.1 Å². The molecule has 1 aromatic heterocycles. The first kappa shape index (κ1) is 35.6. The molecule has 0 saturated carbocycles. The normalized spacial score (nSPS) is 29.9. The zero-order valence-corrected chi connectivity index (χ0v) is 29.1. The maximum absolute atomic E-state index is 14.3. The molecule has 44 heavy (non-hydrogen) atoms. The molecule has 3 aliphatic rings. The molecule has 4 heterocycles. The van der Waals surface area contributed by atoms with Gasteiger partial charge in [-0.3, -0.25) is 28.7 Å². The van der Waals surface area contributed by atoms with Gasteiger partial charge in [-0.15, -0.1) is 0 Å². The van der Waals surface area contributed by atoms with Crippen LogP contribution in [0, 0.1) is 5.82 Å². The molecule has 3 unspecified atom stereocenters. The van der Waals surface area contributed by atoms with Crippen molar-refractivity contribution in [3.63, 3.8) is 0 Å². The maximum Gasteiger partial charge on any atom is 0.408 e. The number of hydrogen-bond donors (Lipinski definition) is 2. The Balaban J connectivity index is 1.51. The lowest BCUT2D eigenvalue weighted by atomic mass is 9.95. The highest BCUT2D eigenvalue weighted by Crippen LogP contribution is 2.53. The second-order valence-corrected chi connectivity index (χ2v) is 20.8. The number of rotatable bonds is 11. The molecular weight excluding hydrogens is 614 g/mol. The lowest BCUT2D eigenvalue weighted by Gasteiger charge is -2.41. The Kier molecular flexibility index (Phi) is 11.2. The minimum Gasteiger partial charge on any atom is -0.411 e. The summed E-state index contributed by atoms with van der Waals surface area (Å²) in [6, 6.07) is 0. The molecule has 252 valence electrons. The SMILES string of the molecule is CC1CC(C)(C)NC(CCOP(=O)(OC[C@H]2O[C@@H](n3cc(F)c(=O)[nH]c3=O)C[C@@H]2O[Si](C)(C)C(C)(C)C)N2CCOCC2)O1. The lowest BCUT2D eigenvalue weighted by Crippen LogP contribution is -2.55. The van der Waals surface area contributed by atoms with E-state index < -0.39 is 51.6 Å². The van der Waals surface area contributed by atoms with Crippen molar-refractivity contribution in [3.8, 4) is 0 Å². The first-order valence-corrected chi connectivity index (χ1v) is 19.8. The van der Waals surface area contributed by atoms with E-state index in [0.717, 1.165) is 17.2 Å². The third-order valence-corrected chi connectivity index (χ3v) is 15.4. The molecule has 3 aliphatic heterocycles. The summed E-state index contributed by atoms with van der Waals surface area (Å²) in [6.45, 7) is 18.2. The molecule has 0 aromatic carbocycles. The minimum atomic E-state index is -3.82. The molecule has 1 aromatic rings. The molecule has 0 spiro atoms. The van der Waals surface area contributed by atoms with Gasteiger partial charge in [0.1, 0.15) is 18.6 Å². The Morgan fingerprint density at radius 2 is 1.84 bits per heavy atom. The Labute approximate surface area is 259 Å². The van der Waals surface area contributed by atoms with Crippen molar-refractivity contribution in [2.24, 2.45) is 0 Å². The van der Waals surface area contributed by atoms with Gasteiger partial charge in [-0.25, -0.2) is 14.0 Å². The number of halogens is 1. The molecular formula is C28H50FN4O9PSi. The Morgan fingerprint density at radius 1 is 1.16 bits per heavy atom. The topological polar surface area (TPSA) is 143 Å². The van der Waals surface area contributed by atoms with Gasteiger partial charge in [0, 0.05) is 31.5 Å². The van der Waals surface area contributed by atoms with Gasteiger partial charge >= 0.3 is 13.4 Å². The average Bonchev–Trinajstić information content (AvgIpc) is 3.30. The number of aromatic amines is 1. The van der Waals surface area contributed by atoms with E-state index in [1.54, 1.807) is 4.67 Å². The predicted molar refractivity (Wildman–Crippen MR) is 165 cm³/mol. The highest BCUT2D eigenvalue weighted by Gasteiger charge is 2.47. The van der Waals surface area contributed by atoms with Gasteiger partial charge in [0.25, 0.3) is 5.56 Å². The fraction of sp³-hybridized carbons (Fsp3) is 0.857. The Hall–Kier alpha value is -1.26. The number of nitrogens with zero attached hydrogens (tertiary/aromatic N) is 2. The summed E-state index contributed by atoms with van der Waals surface area (Å²) < 4.78 is 67.7. The van der Waals surface area contributed by atoms with Crippen LogP contribution in [0.25, 0.3) is 0 Å². The monoisotopic (exact) mass is 664 g/mol. The summed E-state index contributed by atoms with van der Waals surface area (Å²) in [5, 5.41) is 3.33. The fourth-order valence-electron chi connectivity index (χ4n) is 5.53. The van der Waals surface area contributed by atoms with Crippen LogP contribution in [0.1, 0.15) is 67.0 Å². The van der Waals surface area contributed by atoms with Crippen LogP contribution in [0.4, 0.5) is 4.39 Å². The van der Waals surface area contributed by atoms with Crippen molar-refractivity contribution in [2.75, 3.05) is 39.5 Å². The highest BCUT2D eigenvalue weighted by atomic mass is 31.2. The number of morpholine rings is 1. The summed E-state index contributed by atoms with van der Waals surface area (Å²) >= 11 is 0. The van der Waals surface area contributed by atoms with Crippen LogP contribution in [0.15, 0.2) is 15.8 Å². The third-order valence-electron chi connectivity index (χ3n) is 8.78. The Morgan fingerprint density at radius 3 is 2.48 bits per heavy atom. The summed E-state index contributed by atoms with van der Waals surface area (Å²) in [5.74, 6) is -1.10. The van der Waals surface area contributed by atoms with E-state index in [1.807, 2.05) is 11.9 Å². The van der Waals surface area contributed by atoms with Gasteiger partial charge < -0.3 is 18.6 Å². The summed E-state index contributed by atoms with van der Waals surface area (Å²) in [4.78, 5) is 26.2. The van der Waals surface area contributed by atoms with Crippen LogP contribution in [0.2, 0.25) is 18.1 Å². The predicted octanol–water partition coefficient (Wildman–Crippen LogP) is 3.72. The largest absolute Gasteiger partial charge is 0.411 e. The second kappa shape index (κ2) is 13.8. The van der Waals surface area contributed by atoms with Crippen LogP contribution in [0.3, 0.4) is 0 Å². The van der Waals surface area contributed by atoms with Crippen molar-refractivity contribution in [1.29, 1.82) is 0 Å². The second-order valence-electron chi connectivity index (χ2n) is 14.0. The van der Waals surface area contributed by atoms with E-state index in [1.165, 1.54) is 0 Å². The van der Waals surface area contributed by atoms with E-state index in [2.05, 4.69) is 53.0 Å². The standard InChI is InChI=1S/C28H50FN4O9PSi/c1-19-16-28(5,6)31-23(40-19)9-12-38-43(36,32-10-13-37-14-11-32)39-18-22-21(42-44(7,8)27(2,3)4)15-24(41-22)33-17-20(29)25(34)30-26(33)35/h17,19,21-24,31H,9-16,18H2,1-8H3,(H,30,34,35)/t19?,21-,22+,23?,24+,43?/m0/s1. The van der Waals surface area contributed by atoms with Gasteiger partial charge in [-0.05, 0) is 45.3 Å². The summed E-state index contributed by atoms with van der Waals surface area (Å²) in [6.07, 6.45) is -0.0407. The van der Waals surface area contributed by atoms with Gasteiger partial charge in [0.15, 0.2) is 8.32 Å². The molecule has 3 fully saturated rings. The molecule has 2 N–H and O–H groups in total. The molecule has 13 nitrogen and oxygen atoms in total. The van der Waals surface area contributed by atoms with Crippen LogP contribution in [-0.2, 0) is 32.2 Å². The minimum absolute atomic E-state index is 0.0762. The van der Waals surface area contributed by atoms with Gasteiger partial charge in [0.05, 0.1) is 44.8 Å². The summed E-state index contributed by atoms with van der Waals surface area (Å²) in [7, 11) is -6.16. The average molecular weight is 665 g/mol. The van der Waals surface area contributed by atoms with Crippen molar-refractivity contribution < 1.29 is 36.6 Å². The van der Waals surface area contributed by atoms with Crippen LogP contribution in [0.5, 0.6) is 0 Å². The molecule has 0 bridgehead atoms. The van der Waals surface area contributed by atoms with E-state index in [4.69, 9.17) is 27.7 Å². The van der Waals surface area contributed by atoms with E-state index >= 15 is 0 Å². The van der Waals surface area contributed by atoms with Crippen molar-refractivity contribution >= 4 is 16.1 Å². The van der Waals surface area contributed by atoms with Crippen LogP contribution >= 0.6 is 7.75 Å². The third kappa shape index (κ3) is 8.75. The van der Waals surface area contributed by atoms with Crippen molar-refractivity contribution in [2.45, 2.75) is 115 Å². The van der Waals surface area contributed by atoms with Crippen LogP contribution < -0.4 is 16.6 Å². The first-order valence-electron chi connectivity index (χ1n) is 15.4. The lowest BCUT2D eigenvalue weighted by molar-refractivity contribution is -0.0945. The number of hydrogen-bond acceptors (Lipinski definition) is 10. The molecule has 16 heteroatoms. The first-order chi connectivity index (χ1) is 20.4. The molecule has 6 atom stereocenters. The molecule has 4 rings (SSSR count). The quantitative estimate of drug-likeness (QED) is 0.264. The van der Waals surface area contributed by atoms with Gasteiger partial charge in [-0.2, -0.15) is 4.39 Å². The molecule has 0 aliphatic carbocycles. The molecule has 3 saturated heterocycles. The van der Waals surface area contributed by atoms with Crippen molar-refractivity contribution in [1.82, 2.24) is 19.5 Å². The zero-order valence-electron chi connectivity index (χ0n) is 27.2.